The maximum Gasteiger partial charge on any atom is 0.335 e. The molecule has 0 aliphatic rings. The number of hydrogen-bond acceptors (Lipinski definition) is 3. The smallest absolute Gasteiger partial charge is 0.335 e. The highest BCUT2D eigenvalue weighted by Crippen LogP contribution is 2.13. The maximum absolute atomic E-state index is 10.7. The van der Waals surface area contributed by atoms with Gasteiger partial charge in [0, 0.05) is 12.6 Å². The lowest BCUT2D eigenvalue weighted by atomic mass is 10.0. The summed E-state index contributed by atoms with van der Waals surface area (Å²) in [5.41, 5.74) is 0.282. The van der Waals surface area contributed by atoms with Crippen molar-refractivity contribution in [2.45, 2.75) is 39.7 Å². The molecule has 4 heteroatoms. The zero-order valence-corrected chi connectivity index (χ0v) is 13.5. The molecule has 0 heterocycles. The van der Waals surface area contributed by atoms with Crippen LogP contribution < -0.4 is 4.74 Å². The normalized spacial score (nSPS) is 12.7. The average molecular weight is 293 g/mol. The number of benzene rings is 1. The Balaban J connectivity index is 2.26. The van der Waals surface area contributed by atoms with Gasteiger partial charge in [-0.25, -0.2) is 4.79 Å². The molecule has 21 heavy (non-hydrogen) atoms. The highest BCUT2D eigenvalue weighted by molar-refractivity contribution is 5.87. The molecule has 0 spiro atoms. The Morgan fingerprint density at radius 3 is 2.38 bits per heavy atom. The fourth-order valence-electron chi connectivity index (χ4n) is 2.28. The topological polar surface area (TPSA) is 49.8 Å². The predicted molar refractivity (Wildman–Crippen MR) is 85.1 cm³/mol. The SMILES string of the molecule is CC(C)CC(C)N(C)CCCOc1ccc(C(=O)O)cc1. The molecule has 1 atom stereocenters. The van der Waals surface area contributed by atoms with E-state index < -0.39 is 5.97 Å². The minimum absolute atomic E-state index is 0.282. The fraction of sp³-hybridized carbons (Fsp3) is 0.588. The number of rotatable bonds is 9. The van der Waals surface area contributed by atoms with Crippen LogP contribution in [0.2, 0.25) is 0 Å². The predicted octanol–water partition coefficient (Wildman–Crippen LogP) is 3.52. The first-order valence-electron chi connectivity index (χ1n) is 7.56. The largest absolute Gasteiger partial charge is 0.494 e. The molecular weight excluding hydrogens is 266 g/mol. The molecule has 1 aromatic rings. The number of nitrogens with zero attached hydrogens (tertiary/aromatic N) is 1. The molecule has 0 fully saturated rings. The second kappa shape index (κ2) is 8.67. The van der Waals surface area contributed by atoms with E-state index in [1.807, 2.05) is 0 Å². The van der Waals surface area contributed by atoms with Gasteiger partial charge < -0.3 is 14.7 Å². The summed E-state index contributed by atoms with van der Waals surface area (Å²) in [7, 11) is 2.15. The van der Waals surface area contributed by atoms with Crippen molar-refractivity contribution < 1.29 is 14.6 Å². The van der Waals surface area contributed by atoms with Crippen LogP contribution in [0.5, 0.6) is 5.75 Å². The lowest BCUT2D eigenvalue weighted by Crippen LogP contribution is -2.31. The molecule has 0 saturated carbocycles. The minimum Gasteiger partial charge on any atom is -0.494 e. The molecule has 1 unspecified atom stereocenters. The molecule has 0 aliphatic heterocycles. The van der Waals surface area contributed by atoms with Gasteiger partial charge in [0.1, 0.15) is 5.75 Å². The fourth-order valence-corrected chi connectivity index (χ4v) is 2.28. The summed E-state index contributed by atoms with van der Waals surface area (Å²) in [4.78, 5) is 13.1. The van der Waals surface area contributed by atoms with Crippen molar-refractivity contribution in [3.05, 3.63) is 29.8 Å². The van der Waals surface area contributed by atoms with E-state index in [4.69, 9.17) is 9.84 Å². The van der Waals surface area contributed by atoms with Gasteiger partial charge in [0.2, 0.25) is 0 Å². The van der Waals surface area contributed by atoms with E-state index in [1.54, 1.807) is 24.3 Å². The molecule has 0 saturated heterocycles. The summed E-state index contributed by atoms with van der Waals surface area (Å²) in [5, 5.41) is 8.82. The number of carboxylic acid groups (broad SMARTS) is 1. The number of carboxylic acids is 1. The van der Waals surface area contributed by atoms with E-state index in [0.29, 0.717) is 18.6 Å². The van der Waals surface area contributed by atoms with Crippen LogP contribution in [0.4, 0.5) is 0 Å². The lowest BCUT2D eigenvalue weighted by molar-refractivity contribution is 0.0697. The summed E-state index contributed by atoms with van der Waals surface area (Å²) in [6, 6.07) is 7.12. The Bertz CT molecular complexity index is 428. The zero-order chi connectivity index (χ0) is 15.8. The second-order valence-corrected chi connectivity index (χ2v) is 5.99. The van der Waals surface area contributed by atoms with Crippen LogP contribution in [-0.2, 0) is 0 Å². The van der Waals surface area contributed by atoms with Crippen LogP contribution in [0.15, 0.2) is 24.3 Å². The Kier molecular flexibility index (Phi) is 7.23. The number of hydrogen-bond donors (Lipinski definition) is 1. The van der Waals surface area contributed by atoms with Crippen LogP contribution in [0, 0.1) is 5.92 Å². The van der Waals surface area contributed by atoms with Gasteiger partial charge in [0.25, 0.3) is 0 Å². The van der Waals surface area contributed by atoms with Gasteiger partial charge in [-0.1, -0.05) is 13.8 Å². The van der Waals surface area contributed by atoms with E-state index >= 15 is 0 Å². The minimum atomic E-state index is -0.915. The van der Waals surface area contributed by atoms with Crippen LogP contribution in [0.25, 0.3) is 0 Å². The molecule has 1 aromatic carbocycles. The molecule has 0 aromatic heterocycles. The van der Waals surface area contributed by atoms with Gasteiger partial charge in [-0.3, -0.25) is 0 Å². The van der Waals surface area contributed by atoms with Crippen molar-refractivity contribution in [2.75, 3.05) is 20.2 Å². The summed E-state index contributed by atoms with van der Waals surface area (Å²) < 4.78 is 5.63. The molecule has 4 nitrogen and oxygen atoms in total. The first-order chi connectivity index (χ1) is 9.90. The molecule has 1 rings (SSSR count). The average Bonchev–Trinajstić information content (AvgIpc) is 2.43. The molecule has 1 N–H and O–H groups in total. The van der Waals surface area contributed by atoms with Crippen LogP contribution in [-0.4, -0.2) is 42.2 Å². The lowest BCUT2D eigenvalue weighted by Gasteiger charge is -2.26. The van der Waals surface area contributed by atoms with Gasteiger partial charge in [0.15, 0.2) is 0 Å². The summed E-state index contributed by atoms with van der Waals surface area (Å²) >= 11 is 0. The third-order valence-electron chi connectivity index (χ3n) is 3.59. The Morgan fingerprint density at radius 1 is 1.24 bits per heavy atom. The van der Waals surface area contributed by atoms with Gasteiger partial charge in [-0.05, 0) is 57.0 Å². The van der Waals surface area contributed by atoms with Gasteiger partial charge >= 0.3 is 5.97 Å². The van der Waals surface area contributed by atoms with Crippen molar-refractivity contribution in [3.63, 3.8) is 0 Å². The first kappa shape index (κ1) is 17.5. The molecule has 0 radical (unpaired) electrons. The van der Waals surface area contributed by atoms with Crippen LogP contribution in [0.1, 0.15) is 44.0 Å². The van der Waals surface area contributed by atoms with Gasteiger partial charge in [-0.15, -0.1) is 0 Å². The first-order valence-corrected chi connectivity index (χ1v) is 7.56. The Hall–Kier alpha value is -1.55. The Labute approximate surface area is 127 Å². The van der Waals surface area contributed by atoms with Crippen molar-refractivity contribution in [3.8, 4) is 5.75 Å². The highest BCUT2D eigenvalue weighted by atomic mass is 16.5. The van der Waals surface area contributed by atoms with Crippen molar-refractivity contribution in [2.24, 2.45) is 5.92 Å². The summed E-state index contributed by atoms with van der Waals surface area (Å²) in [6.07, 6.45) is 2.16. The summed E-state index contributed by atoms with van der Waals surface area (Å²) in [5.74, 6) is 0.520. The van der Waals surface area contributed by atoms with Crippen LogP contribution in [0.3, 0.4) is 0 Å². The Morgan fingerprint density at radius 2 is 1.86 bits per heavy atom. The molecular formula is C17H27NO3. The van der Waals surface area contributed by atoms with E-state index in [2.05, 4.69) is 32.7 Å². The number of carbonyl (C=O) groups is 1. The van der Waals surface area contributed by atoms with Gasteiger partial charge in [0.05, 0.1) is 12.2 Å². The van der Waals surface area contributed by atoms with Crippen molar-refractivity contribution >= 4 is 5.97 Å². The number of aromatic carboxylic acids is 1. The molecule has 0 amide bonds. The number of ether oxygens (including phenoxy) is 1. The second-order valence-electron chi connectivity index (χ2n) is 5.99. The summed E-state index contributed by atoms with van der Waals surface area (Å²) in [6.45, 7) is 8.39. The monoisotopic (exact) mass is 293 g/mol. The quantitative estimate of drug-likeness (QED) is 0.708. The molecule has 0 aliphatic carbocycles. The molecule has 118 valence electrons. The third-order valence-corrected chi connectivity index (χ3v) is 3.59. The highest BCUT2D eigenvalue weighted by Gasteiger charge is 2.10. The van der Waals surface area contributed by atoms with Crippen LogP contribution >= 0.6 is 0 Å². The van der Waals surface area contributed by atoms with E-state index in [1.165, 1.54) is 6.42 Å². The van der Waals surface area contributed by atoms with Crippen molar-refractivity contribution in [1.29, 1.82) is 0 Å². The van der Waals surface area contributed by atoms with E-state index in [9.17, 15) is 4.79 Å². The van der Waals surface area contributed by atoms with E-state index in [0.717, 1.165) is 18.7 Å². The van der Waals surface area contributed by atoms with Crippen molar-refractivity contribution in [1.82, 2.24) is 4.90 Å². The maximum atomic E-state index is 10.7. The standard InChI is InChI=1S/C17H27NO3/c1-13(2)12-14(3)18(4)10-5-11-21-16-8-6-15(7-9-16)17(19)20/h6-9,13-14H,5,10-12H2,1-4H3,(H,19,20). The van der Waals surface area contributed by atoms with E-state index in [-0.39, 0.29) is 5.56 Å². The van der Waals surface area contributed by atoms with Gasteiger partial charge in [-0.2, -0.15) is 0 Å². The zero-order valence-electron chi connectivity index (χ0n) is 13.5. The third kappa shape index (κ3) is 6.63. The molecule has 0 bridgehead atoms.